The zero-order valence-electron chi connectivity index (χ0n) is 9.02. The molecule has 1 amide bonds. The van der Waals surface area contributed by atoms with Crippen LogP contribution in [0.1, 0.15) is 27.7 Å². The lowest BCUT2D eigenvalue weighted by molar-refractivity contribution is -0.104. The van der Waals surface area contributed by atoms with Gasteiger partial charge >= 0.3 is 6.09 Å². The molecule has 0 saturated carbocycles. The number of hydrogen-bond donors (Lipinski definition) is 1. The van der Waals surface area contributed by atoms with Crippen LogP contribution in [0.3, 0.4) is 0 Å². The fourth-order valence-electron chi connectivity index (χ4n) is 1.36. The molecule has 0 aromatic carbocycles. The third-order valence-corrected chi connectivity index (χ3v) is 1.80. The fourth-order valence-corrected chi connectivity index (χ4v) is 1.36. The predicted molar refractivity (Wildman–Crippen MR) is 54.3 cm³/mol. The number of rotatable bonds is 3. The molecule has 0 radical (unpaired) electrons. The molecule has 1 atom stereocenters. The van der Waals surface area contributed by atoms with Gasteiger partial charge in [-0.15, -0.1) is 0 Å². The van der Waals surface area contributed by atoms with Gasteiger partial charge in [-0.25, -0.2) is 4.79 Å². The molecule has 0 aliphatic rings. The average molecular weight is 199 g/mol. The lowest BCUT2D eigenvalue weighted by Gasteiger charge is -2.36. The molecule has 0 rings (SSSR count). The number of nitrogens with zero attached hydrogens (tertiary/aromatic N) is 1. The van der Waals surface area contributed by atoms with E-state index in [9.17, 15) is 9.59 Å². The SMILES string of the molecule is C[C@@H](C=CC=O)N(C(=O)O)C(C)(C)C. The number of hydrogen-bond acceptors (Lipinski definition) is 2. The lowest BCUT2D eigenvalue weighted by atomic mass is 10.0. The minimum absolute atomic E-state index is 0.308. The maximum Gasteiger partial charge on any atom is 0.408 e. The van der Waals surface area contributed by atoms with E-state index in [0.717, 1.165) is 0 Å². The third kappa shape index (κ3) is 3.60. The summed E-state index contributed by atoms with van der Waals surface area (Å²) >= 11 is 0. The first-order chi connectivity index (χ1) is 6.30. The molecule has 0 unspecified atom stereocenters. The van der Waals surface area contributed by atoms with E-state index in [1.54, 1.807) is 13.0 Å². The quantitative estimate of drug-likeness (QED) is 0.558. The Morgan fingerprint density at radius 2 is 1.93 bits per heavy atom. The van der Waals surface area contributed by atoms with Gasteiger partial charge < -0.3 is 5.11 Å². The van der Waals surface area contributed by atoms with Crippen molar-refractivity contribution < 1.29 is 14.7 Å². The first-order valence-electron chi connectivity index (χ1n) is 4.45. The van der Waals surface area contributed by atoms with Crippen molar-refractivity contribution in [1.82, 2.24) is 4.90 Å². The first-order valence-corrected chi connectivity index (χ1v) is 4.45. The summed E-state index contributed by atoms with van der Waals surface area (Å²) in [7, 11) is 0. The van der Waals surface area contributed by atoms with Gasteiger partial charge in [-0.05, 0) is 33.8 Å². The number of allylic oxidation sites excluding steroid dienone is 1. The van der Waals surface area contributed by atoms with Crippen molar-refractivity contribution in [2.24, 2.45) is 0 Å². The summed E-state index contributed by atoms with van der Waals surface area (Å²) in [4.78, 5) is 22.4. The second-order valence-corrected chi connectivity index (χ2v) is 4.08. The van der Waals surface area contributed by atoms with Crippen LogP contribution in [0.15, 0.2) is 12.2 Å². The molecule has 0 aliphatic carbocycles. The Labute approximate surface area is 84.2 Å². The Balaban J connectivity index is 4.75. The van der Waals surface area contributed by atoms with Crippen molar-refractivity contribution >= 4 is 12.4 Å². The summed E-state index contributed by atoms with van der Waals surface area (Å²) in [6.07, 6.45) is 2.53. The van der Waals surface area contributed by atoms with E-state index in [0.29, 0.717) is 6.29 Å². The predicted octanol–water partition coefficient (Wildman–Crippen LogP) is 1.91. The normalized spacial score (nSPS) is 14.0. The van der Waals surface area contributed by atoms with Crippen LogP contribution < -0.4 is 0 Å². The van der Waals surface area contributed by atoms with Crippen LogP contribution in [-0.4, -0.2) is 34.0 Å². The molecule has 0 fully saturated rings. The largest absolute Gasteiger partial charge is 0.465 e. The summed E-state index contributed by atoms with van der Waals surface area (Å²) in [6.45, 7) is 7.17. The maximum atomic E-state index is 11.0. The van der Waals surface area contributed by atoms with Crippen molar-refractivity contribution in [2.45, 2.75) is 39.3 Å². The topological polar surface area (TPSA) is 57.6 Å². The average Bonchev–Trinajstić information content (AvgIpc) is 1.97. The fraction of sp³-hybridized carbons (Fsp3) is 0.600. The van der Waals surface area contributed by atoms with Gasteiger partial charge in [-0.2, -0.15) is 0 Å². The van der Waals surface area contributed by atoms with E-state index in [1.165, 1.54) is 11.0 Å². The van der Waals surface area contributed by atoms with Crippen molar-refractivity contribution in [3.63, 3.8) is 0 Å². The maximum absolute atomic E-state index is 11.0. The van der Waals surface area contributed by atoms with Gasteiger partial charge in [0, 0.05) is 5.54 Å². The van der Waals surface area contributed by atoms with E-state index >= 15 is 0 Å². The molecule has 0 aromatic rings. The molecule has 0 saturated heterocycles. The van der Waals surface area contributed by atoms with Crippen LogP contribution in [0.25, 0.3) is 0 Å². The summed E-state index contributed by atoms with van der Waals surface area (Å²) in [5.41, 5.74) is -0.474. The molecule has 1 N–H and O–H groups in total. The highest BCUT2D eigenvalue weighted by Crippen LogP contribution is 2.17. The van der Waals surface area contributed by atoms with Gasteiger partial charge in [-0.3, -0.25) is 9.69 Å². The van der Waals surface area contributed by atoms with Crippen LogP contribution in [0, 0.1) is 0 Å². The molecule has 0 aromatic heterocycles. The molecule has 80 valence electrons. The molecular weight excluding hydrogens is 182 g/mol. The highest BCUT2D eigenvalue weighted by Gasteiger charge is 2.29. The van der Waals surface area contributed by atoms with Gasteiger partial charge in [0.2, 0.25) is 0 Å². The zero-order chi connectivity index (χ0) is 11.4. The van der Waals surface area contributed by atoms with E-state index in [4.69, 9.17) is 5.11 Å². The van der Waals surface area contributed by atoms with Crippen molar-refractivity contribution in [3.8, 4) is 0 Å². The van der Waals surface area contributed by atoms with Crippen LogP contribution in [0.4, 0.5) is 4.79 Å². The molecule has 14 heavy (non-hydrogen) atoms. The standard InChI is InChI=1S/C10H17NO3/c1-8(6-5-7-12)11(9(13)14)10(2,3)4/h5-8H,1-4H3,(H,13,14)/t8-/m0/s1. The van der Waals surface area contributed by atoms with Crippen LogP contribution in [-0.2, 0) is 4.79 Å². The lowest BCUT2D eigenvalue weighted by Crippen LogP contribution is -2.49. The molecule has 0 aliphatic heterocycles. The molecule has 4 nitrogen and oxygen atoms in total. The summed E-state index contributed by atoms with van der Waals surface area (Å²) in [5.74, 6) is 0. The monoisotopic (exact) mass is 199 g/mol. The van der Waals surface area contributed by atoms with Crippen LogP contribution in [0.2, 0.25) is 0 Å². The summed E-state index contributed by atoms with van der Waals surface area (Å²) in [6, 6.07) is -0.308. The second kappa shape index (κ2) is 4.79. The van der Waals surface area contributed by atoms with E-state index in [2.05, 4.69) is 0 Å². The highest BCUT2D eigenvalue weighted by molar-refractivity contribution is 5.68. The Bertz CT molecular complexity index is 240. The Morgan fingerprint density at radius 3 is 2.21 bits per heavy atom. The molecular formula is C10H17NO3. The van der Waals surface area contributed by atoms with Gasteiger partial charge in [0.25, 0.3) is 0 Å². The van der Waals surface area contributed by atoms with Gasteiger partial charge in [0.05, 0.1) is 6.04 Å². The minimum Gasteiger partial charge on any atom is -0.465 e. The summed E-state index contributed by atoms with van der Waals surface area (Å²) in [5, 5.41) is 8.98. The summed E-state index contributed by atoms with van der Waals surface area (Å²) < 4.78 is 0. The Kier molecular flexibility index (Phi) is 4.34. The van der Waals surface area contributed by atoms with Gasteiger partial charge in [0.15, 0.2) is 0 Å². The number of amides is 1. The number of carbonyl (C=O) groups is 2. The number of carboxylic acid groups (broad SMARTS) is 1. The number of aldehydes is 1. The van der Waals surface area contributed by atoms with Crippen molar-refractivity contribution in [3.05, 3.63) is 12.2 Å². The molecule has 4 heteroatoms. The van der Waals surface area contributed by atoms with Gasteiger partial charge in [0.1, 0.15) is 6.29 Å². The highest BCUT2D eigenvalue weighted by atomic mass is 16.4. The first kappa shape index (κ1) is 12.7. The molecule has 0 spiro atoms. The third-order valence-electron chi connectivity index (χ3n) is 1.80. The Morgan fingerprint density at radius 1 is 1.43 bits per heavy atom. The zero-order valence-corrected chi connectivity index (χ0v) is 9.02. The second-order valence-electron chi connectivity index (χ2n) is 4.08. The van der Waals surface area contributed by atoms with Crippen molar-refractivity contribution in [2.75, 3.05) is 0 Å². The Hall–Kier alpha value is -1.32. The van der Waals surface area contributed by atoms with Crippen LogP contribution >= 0.6 is 0 Å². The van der Waals surface area contributed by atoms with Crippen LogP contribution in [0.5, 0.6) is 0 Å². The minimum atomic E-state index is -0.986. The number of carbonyl (C=O) groups excluding carboxylic acids is 1. The van der Waals surface area contributed by atoms with E-state index in [-0.39, 0.29) is 6.04 Å². The molecule has 0 heterocycles. The van der Waals surface area contributed by atoms with Crippen molar-refractivity contribution in [1.29, 1.82) is 0 Å². The van der Waals surface area contributed by atoms with E-state index < -0.39 is 11.6 Å². The molecule has 0 bridgehead atoms. The van der Waals surface area contributed by atoms with E-state index in [1.807, 2.05) is 20.8 Å². The smallest absolute Gasteiger partial charge is 0.408 e. The van der Waals surface area contributed by atoms with Gasteiger partial charge in [-0.1, -0.05) is 6.08 Å².